The van der Waals surface area contributed by atoms with E-state index in [2.05, 4.69) is 15.6 Å². The Kier molecular flexibility index (Phi) is 6.68. The number of likely N-dealkylation sites (tertiary alicyclic amines) is 1. The molecule has 0 radical (unpaired) electrons. The molecule has 38 heavy (non-hydrogen) atoms. The Morgan fingerprint density at radius 2 is 1.89 bits per heavy atom. The maximum absolute atomic E-state index is 13.3. The SMILES string of the molecule is CC(C)C(=O)NC1CCN(C(=O)Cc2cn3c(C(=O)NCC45CCCC(C4)C4CC4C5)cccc3n2)CC1. The zero-order chi connectivity index (χ0) is 26.4. The van der Waals surface area contributed by atoms with Crippen LogP contribution in [0.5, 0.6) is 0 Å². The fraction of sp³-hybridized carbons (Fsp3) is 0.667. The maximum atomic E-state index is 13.3. The van der Waals surface area contributed by atoms with Crippen LogP contribution in [0.2, 0.25) is 0 Å². The number of nitrogens with zero attached hydrogens (tertiary/aromatic N) is 3. The van der Waals surface area contributed by atoms with Gasteiger partial charge in [0.25, 0.3) is 5.91 Å². The number of pyridine rings is 1. The molecule has 8 nitrogen and oxygen atoms in total. The Labute approximate surface area is 224 Å². The summed E-state index contributed by atoms with van der Waals surface area (Å²) >= 11 is 0. The summed E-state index contributed by atoms with van der Waals surface area (Å²) in [4.78, 5) is 44.8. The highest BCUT2D eigenvalue weighted by molar-refractivity contribution is 5.93. The van der Waals surface area contributed by atoms with E-state index in [1.54, 1.807) is 0 Å². The molecule has 4 aliphatic rings. The van der Waals surface area contributed by atoms with Crippen LogP contribution in [0, 0.1) is 29.1 Å². The van der Waals surface area contributed by atoms with Crippen LogP contribution >= 0.6 is 0 Å². The molecule has 1 aliphatic heterocycles. The van der Waals surface area contributed by atoms with Crippen LogP contribution in [-0.2, 0) is 16.0 Å². The standard InChI is InChI=1S/C30H41N5O3/c1-19(2)28(37)33-22-8-11-34(12-9-22)27(36)14-23-17-35-25(6-3-7-26(35)32-23)29(38)31-18-30-10-4-5-20(15-30)24-13-21(24)16-30/h3,6-7,17,19-22,24H,4-5,8-16,18H2,1-2H3,(H,31,38)(H,33,37). The van der Waals surface area contributed by atoms with Gasteiger partial charge < -0.3 is 15.5 Å². The summed E-state index contributed by atoms with van der Waals surface area (Å²) in [6.07, 6.45) is 11.4. The third-order valence-corrected chi connectivity index (χ3v) is 9.70. The summed E-state index contributed by atoms with van der Waals surface area (Å²) in [6, 6.07) is 5.71. The molecule has 2 aromatic heterocycles. The summed E-state index contributed by atoms with van der Waals surface area (Å²) < 4.78 is 1.82. The summed E-state index contributed by atoms with van der Waals surface area (Å²) in [5.74, 6) is 2.75. The number of nitrogens with one attached hydrogen (secondary N) is 2. The molecular weight excluding hydrogens is 478 g/mol. The van der Waals surface area contributed by atoms with E-state index >= 15 is 0 Å². The van der Waals surface area contributed by atoms with Crippen LogP contribution in [0.25, 0.3) is 5.65 Å². The van der Waals surface area contributed by atoms with Gasteiger partial charge in [-0.3, -0.25) is 18.8 Å². The fourth-order valence-corrected chi connectivity index (χ4v) is 7.52. The molecule has 4 fully saturated rings. The Balaban J connectivity index is 1.07. The van der Waals surface area contributed by atoms with Gasteiger partial charge in [-0.25, -0.2) is 4.98 Å². The van der Waals surface area contributed by atoms with Crippen LogP contribution < -0.4 is 10.6 Å². The summed E-state index contributed by atoms with van der Waals surface area (Å²) in [7, 11) is 0. The average molecular weight is 520 g/mol. The molecular formula is C30H41N5O3. The first kappa shape index (κ1) is 25.4. The molecule has 3 heterocycles. The van der Waals surface area contributed by atoms with Crippen LogP contribution in [0.15, 0.2) is 24.4 Å². The van der Waals surface area contributed by atoms with Crippen molar-refractivity contribution < 1.29 is 14.4 Å². The smallest absolute Gasteiger partial charge is 0.268 e. The number of piperidine rings is 1. The van der Waals surface area contributed by atoms with Crippen molar-refractivity contribution in [3.63, 3.8) is 0 Å². The van der Waals surface area contributed by atoms with E-state index in [1.165, 1.54) is 38.5 Å². The first-order valence-electron chi connectivity index (χ1n) is 14.6. The summed E-state index contributed by atoms with van der Waals surface area (Å²) in [6.45, 7) is 5.80. The van der Waals surface area contributed by atoms with Crippen LogP contribution in [0.1, 0.15) is 81.4 Å². The van der Waals surface area contributed by atoms with E-state index < -0.39 is 0 Å². The van der Waals surface area contributed by atoms with E-state index in [9.17, 15) is 14.4 Å². The minimum Gasteiger partial charge on any atom is -0.353 e. The van der Waals surface area contributed by atoms with Gasteiger partial charge in [-0.2, -0.15) is 0 Å². The van der Waals surface area contributed by atoms with Crippen molar-refractivity contribution in [1.82, 2.24) is 24.9 Å². The van der Waals surface area contributed by atoms with Gasteiger partial charge in [0, 0.05) is 37.8 Å². The highest BCUT2D eigenvalue weighted by Crippen LogP contribution is 2.63. The first-order valence-corrected chi connectivity index (χ1v) is 14.6. The maximum Gasteiger partial charge on any atom is 0.268 e. The van der Waals surface area contributed by atoms with E-state index in [-0.39, 0.29) is 41.5 Å². The van der Waals surface area contributed by atoms with Gasteiger partial charge in [0.15, 0.2) is 0 Å². The molecule has 0 spiro atoms. The minimum absolute atomic E-state index is 0.0336. The lowest BCUT2D eigenvalue weighted by Crippen LogP contribution is -2.47. The molecule has 3 amide bonds. The van der Waals surface area contributed by atoms with Gasteiger partial charge >= 0.3 is 0 Å². The van der Waals surface area contributed by atoms with E-state index in [1.807, 2.05) is 47.5 Å². The molecule has 3 saturated carbocycles. The third kappa shape index (κ3) is 5.06. The number of carbonyl (C=O) groups is 3. The lowest BCUT2D eigenvalue weighted by atomic mass is 9.62. The van der Waals surface area contributed by atoms with Crippen molar-refractivity contribution >= 4 is 23.4 Å². The van der Waals surface area contributed by atoms with Crippen LogP contribution in [-0.4, -0.2) is 57.7 Å². The second-order valence-corrected chi connectivity index (χ2v) is 12.8. The van der Waals surface area contributed by atoms with Gasteiger partial charge in [0.1, 0.15) is 11.3 Å². The Bertz CT molecular complexity index is 1230. The molecule has 6 rings (SSSR count). The van der Waals surface area contributed by atoms with Gasteiger partial charge in [-0.15, -0.1) is 0 Å². The number of hydrogen-bond donors (Lipinski definition) is 2. The second kappa shape index (κ2) is 10.0. The number of aromatic nitrogens is 2. The van der Waals surface area contributed by atoms with Crippen LogP contribution in [0.3, 0.4) is 0 Å². The highest BCUT2D eigenvalue weighted by atomic mass is 16.2. The topological polar surface area (TPSA) is 95.8 Å². The fourth-order valence-electron chi connectivity index (χ4n) is 7.52. The highest BCUT2D eigenvalue weighted by Gasteiger charge is 2.55. The number of fused-ring (bicyclic) bond motifs is 5. The summed E-state index contributed by atoms with van der Waals surface area (Å²) in [5, 5.41) is 6.36. The van der Waals surface area contributed by atoms with Crippen molar-refractivity contribution in [3.05, 3.63) is 35.8 Å². The predicted molar refractivity (Wildman–Crippen MR) is 144 cm³/mol. The quantitative estimate of drug-likeness (QED) is 0.585. The minimum atomic E-state index is -0.0641. The Morgan fingerprint density at radius 1 is 1.11 bits per heavy atom. The van der Waals surface area contributed by atoms with E-state index in [4.69, 9.17) is 0 Å². The molecule has 4 unspecified atom stereocenters. The van der Waals surface area contributed by atoms with E-state index in [0.29, 0.717) is 30.1 Å². The van der Waals surface area contributed by atoms with Gasteiger partial charge in [-0.1, -0.05) is 32.8 Å². The van der Waals surface area contributed by atoms with Crippen molar-refractivity contribution in [2.75, 3.05) is 19.6 Å². The zero-order valence-electron chi connectivity index (χ0n) is 22.7. The molecule has 0 aromatic carbocycles. The van der Waals surface area contributed by atoms with Gasteiger partial charge in [0.05, 0.1) is 12.1 Å². The molecule has 2 aromatic rings. The largest absolute Gasteiger partial charge is 0.353 e. The lowest BCUT2D eigenvalue weighted by Gasteiger charge is -2.45. The number of hydrogen-bond acceptors (Lipinski definition) is 4. The first-order chi connectivity index (χ1) is 18.3. The van der Waals surface area contributed by atoms with Gasteiger partial charge in [-0.05, 0) is 73.8 Å². The predicted octanol–water partition coefficient (Wildman–Crippen LogP) is 3.59. The van der Waals surface area contributed by atoms with E-state index in [0.717, 1.165) is 37.1 Å². The monoisotopic (exact) mass is 519 g/mol. The Morgan fingerprint density at radius 3 is 2.68 bits per heavy atom. The lowest BCUT2D eigenvalue weighted by molar-refractivity contribution is -0.131. The number of carbonyl (C=O) groups excluding carboxylic acids is 3. The Hall–Kier alpha value is -2.90. The molecule has 1 saturated heterocycles. The second-order valence-electron chi connectivity index (χ2n) is 12.8. The number of rotatable bonds is 7. The normalized spacial score (nSPS) is 28.7. The number of imidazole rings is 1. The molecule has 204 valence electrons. The molecule has 4 atom stereocenters. The zero-order valence-corrected chi connectivity index (χ0v) is 22.7. The van der Waals surface area contributed by atoms with Crippen molar-refractivity contribution in [1.29, 1.82) is 0 Å². The van der Waals surface area contributed by atoms with Crippen molar-refractivity contribution in [2.45, 2.75) is 77.7 Å². The molecule has 2 bridgehead atoms. The molecule has 8 heteroatoms. The summed E-state index contributed by atoms with van der Waals surface area (Å²) in [5.41, 5.74) is 2.21. The van der Waals surface area contributed by atoms with Gasteiger partial charge in [0.2, 0.25) is 11.8 Å². The van der Waals surface area contributed by atoms with Crippen molar-refractivity contribution in [3.8, 4) is 0 Å². The molecule has 2 N–H and O–H groups in total. The van der Waals surface area contributed by atoms with Crippen molar-refractivity contribution in [2.24, 2.45) is 29.1 Å². The number of amides is 3. The average Bonchev–Trinajstić information content (AvgIpc) is 3.56. The third-order valence-electron chi connectivity index (χ3n) is 9.70. The van der Waals surface area contributed by atoms with Crippen LogP contribution in [0.4, 0.5) is 0 Å². The molecule has 3 aliphatic carbocycles.